The van der Waals surface area contributed by atoms with Crippen LogP contribution in [0.15, 0.2) is 0 Å². The summed E-state index contributed by atoms with van der Waals surface area (Å²) < 4.78 is 10.1. The fraction of sp³-hybridized carbons (Fsp3) is 0.857. The van der Waals surface area contributed by atoms with Crippen molar-refractivity contribution in [3.05, 3.63) is 0 Å². The van der Waals surface area contributed by atoms with Crippen LogP contribution >= 0.6 is 0 Å². The summed E-state index contributed by atoms with van der Waals surface area (Å²) in [6.07, 6.45) is 3.00. The maximum absolute atomic E-state index is 12.0. The summed E-state index contributed by atoms with van der Waals surface area (Å²) >= 11 is 0. The molecule has 2 atom stereocenters. The summed E-state index contributed by atoms with van der Waals surface area (Å²) in [5.74, 6) is -0.282. The van der Waals surface area contributed by atoms with Crippen molar-refractivity contribution >= 4 is 12.1 Å². The molecule has 1 rings (SSSR count). The molecule has 0 aromatic rings. The first kappa shape index (κ1) is 15.8. The zero-order valence-electron chi connectivity index (χ0n) is 12.6. The molecule has 1 fully saturated rings. The lowest BCUT2D eigenvalue weighted by Crippen LogP contribution is -2.43. The molecule has 19 heavy (non-hydrogen) atoms. The van der Waals surface area contributed by atoms with E-state index in [-0.39, 0.29) is 24.0 Å². The van der Waals surface area contributed by atoms with Gasteiger partial charge in [0.25, 0.3) is 0 Å². The van der Waals surface area contributed by atoms with Crippen LogP contribution in [-0.4, -0.2) is 42.8 Å². The summed E-state index contributed by atoms with van der Waals surface area (Å²) in [6.45, 7) is 5.53. The topological polar surface area (TPSA) is 55.8 Å². The molecule has 1 amide bonds. The van der Waals surface area contributed by atoms with Crippen molar-refractivity contribution < 1.29 is 19.1 Å². The van der Waals surface area contributed by atoms with Crippen molar-refractivity contribution in [1.29, 1.82) is 0 Å². The maximum Gasteiger partial charge on any atom is 0.410 e. The molecule has 1 unspecified atom stereocenters. The first-order chi connectivity index (χ1) is 8.74. The number of hydrogen-bond acceptors (Lipinski definition) is 4. The Kier molecular flexibility index (Phi) is 5.20. The fourth-order valence-electron chi connectivity index (χ4n) is 2.38. The van der Waals surface area contributed by atoms with Gasteiger partial charge in [-0.05, 0) is 40.0 Å². The summed E-state index contributed by atoms with van der Waals surface area (Å²) in [7, 11) is 3.14. The predicted octanol–water partition coefficient (Wildman–Crippen LogP) is 2.59. The predicted molar refractivity (Wildman–Crippen MR) is 71.8 cm³/mol. The number of esters is 1. The molecule has 1 aliphatic carbocycles. The quantitative estimate of drug-likeness (QED) is 0.724. The first-order valence-corrected chi connectivity index (χ1v) is 6.78. The zero-order chi connectivity index (χ0) is 14.6. The maximum atomic E-state index is 12.0. The van der Waals surface area contributed by atoms with Crippen LogP contribution in [0.25, 0.3) is 0 Å². The van der Waals surface area contributed by atoms with Gasteiger partial charge in [0.05, 0.1) is 13.0 Å². The number of nitrogens with zero attached hydrogens (tertiary/aromatic N) is 1. The van der Waals surface area contributed by atoms with Crippen molar-refractivity contribution in [3.63, 3.8) is 0 Å². The van der Waals surface area contributed by atoms with Crippen molar-refractivity contribution in [3.8, 4) is 0 Å². The Morgan fingerprint density at radius 1 is 1.21 bits per heavy atom. The van der Waals surface area contributed by atoms with Crippen LogP contribution in [0.4, 0.5) is 4.79 Å². The minimum absolute atomic E-state index is 0.0488. The van der Waals surface area contributed by atoms with E-state index in [0.29, 0.717) is 6.42 Å². The minimum atomic E-state index is -0.498. The van der Waals surface area contributed by atoms with Crippen molar-refractivity contribution in [2.45, 2.75) is 58.1 Å². The third-order valence-electron chi connectivity index (χ3n) is 3.41. The molecule has 0 saturated heterocycles. The highest BCUT2D eigenvalue weighted by atomic mass is 16.6. The Labute approximate surface area is 115 Å². The second kappa shape index (κ2) is 6.26. The smallest absolute Gasteiger partial charge is 0.410 e. The Bertz CT molecular complexity index is 335. The lowest BCUT2D eigenvalue weighted by Gasteiger charge is -2.35. The van der Waals surface area contributed by atoms with Gasteiger partial charge in [0.15, 0.2) is 0 Å². The van der Waals surface area contributed by atoms with E-state index in [0.717, 1.165) is 19.3 Å². The van der Waals surface area contributed by atoms with Crippen LogP contribution in [-0.2, 0) is 14.3 Å². The van der Waals surface area contributed by atoms with E-state index < -0.39 is 5.60 Å². The van der Waals surface area contributed by atoms with Crippen LogP contribution in [0.2, 0.25) is 0 Å². The van der Waals surface area contributed by atoms with E-state index in [9.17, 15) is 9.59 Å². The third-order valence-corrected chi connectivity index (χ3v) is 3.41. The first-order valence-electron chi connectivity index (χ1n) is 6.78. The zero-order valence-corrected chi connectivity index (χ0v) is 12.6. The molecule has 0 heterocycles. The van der Waals surface area contributed by atoms with Gasteiger partial charge < -0.3 is 14.4 Å². The molecule has 0 spiro atoms. The van der Waals surface area contributed by atoms with Crippen LogP contribution in [0, 0.1) is 5.92 Å². The molecular weight excluding hydrogens is 246 g/mol. The van der Waals surface area contributed by atoms with E-state index in [1.54, 1.807) is 11.9 Å². The van der Waals surface area contributed by atoms with Crippen molar-refractivity contribution in [1.82, 2.24) is 4.90 Å². The number of amides is 1. The van der Waals surface area contributed by atoms with Gasteiger partial charge in [-0.15, -0.1) is 0 Å². The molecular formula is C14H25NO4. The van der Waals surface area contributed by atoms with Gasteiger partial charge in [-0.25, -0.2) is 4.79 Å². The molecule has 1 aliphatic rings. The molecule has 0 aromatic carbocycles. The van der Waals surface area contributed by atoms with Gasteiger partial charge in [-0.3, -0.25) is 4.79 Å². The summed E-state index contributed by atoms with van der Waals surface area (Å²) in [5.41, 5.74) is -0.498. The molecule has 5 heteroatoms. The summed E-state index contributed by atoms with van der Waals surface area (Å²) in [4.78, 5) is 25.2. The number of methoxy groups -OCH3 is 1. The van der Waals surface area contributed by atoms with Crippen LogP contribution in [0.1, 0.15) is 46.5 Å². The number of ether oxygens (including phenoxy) is 2. The van der Waals surface area contributed by atoms with E-state index in [2.05, 4.69) is 0 Å². The normalized spacial score (nSPS) is 23.6. The van der Waals surface area contributed by atoms with Crippen LogP contribution in [0.3, 0.4) is 0 Å². The average molecular weight is 271 g/mol. The van der Waals surface area contributed by atoms with E-state index in [4.69, 9.17) is 9.47 Å². The van der Waals surface area contributed by atoms with Gasteiger partial charge in [0.1, 0.15) is 5.60 Å². The van der Waals surface area contributed by atoms with Gasteiger partial charge in [0.2, 0.25) is 0 Å². The summed E-state index contributed by atoms with van der Waals surface area (Å²) in [5, 5.41) is 0. The molecule has 0 radical (unpaired) electrons. The Hall–Kier alpha value is -1.26. The lowest BCUT2D eigenvalue weighted by atomic mass is 9.85. The number of carbonyl (C=O) groups is 2. The molecule has 0 N–H and O–H groups in total. The summed E-state index contributed by atoms with van der Waals surface area (Å²) in [6, 6.07) is 0.0488. The largest absolute Gasteiger partial charge is 0.469 e. The van der Waals surface area contributed by atoms with Gasteiger partial charge >= 0.3 is 12.1 Å². The van der Waals surface area contributed by atoms with Crippen LogP contribution < -0.4 is 0 Å². The van der Waals surface area contributed by atoms with Gasteiger partial charge in [-0.2, -0.15) is 0 Å². The molecule has 0 aliphatic heterocycles. The highest BCUT2D eigenvalue weighted by molar-refractivity contribution is 5.73. The Balaban J connectivity index is 2.59. The van der Waals surface area contributed by atoms with Crippen molar-refractivity contribution in [2.24, 2.45) is 5.92 Å². The van der Waals surface area contributed by atoms with E-state index in [1.165, 1.54) is 7.11 Å². The standard InChI is InChI=1S/C14H25NO4/c1-14(2,3)19-13(17)15(4)11-8-6-7-10(9-11)12(16)18-5/h10-11H,6-9H2,1-5H3/t10?,11-/m0/s1. The lowest BCUT2D eigenvalue weighted by molar-refractivity contribution is -0.147. The molecule has 0 bridgehead atoms. The second-order valence-corrected chi connectivity index (χ2v) is 6.13. The number of hydrogen-bond donors (Lipinski definition) is 0. The van der Waals surface area contributed by atoms with E-state index in [1.807, 2.05) is 20.8 Å². The van der Waals surface area contributed by atoms with Crippen molar-refractivity contribution in [2.75, 3.05) is 14.2 Å². The van der Waals surface area contributed by atoms with E-state index >= 15 is 0 Å². The Morgan fingerprint density at radius 3 is 2.37 bits per heavy atom. The molecule has 0 aromatic heterocycles. The van der Waals surface area contributed by atoms with Gasteiger partial charge in [-0.1, -0.05) is 6.42 Å². The second-order valence-electron chi connectivity index (χ2n) is 6.13. The number of rotatable bonds is 2. The fourth-order valence-corrected chi connectivity index (χ4v) is 2.38. The Morgan fingerprint density at radius 2 is 1.84 bits per heavy atom. The average Bonchev–Trinajstić information content (AvgIpc) is 2.35. The van der Waals surface area contributed by atoms with Crippen LogP contribution in [0.5, 0.6) is 0 Å². The monoisotopic (exact) mass is 271 g/mol. The number of carbonyl (C=O) groups excluding carboxylic acids is 2. The highest BCUT2D eigenvalue weighted by Crippen LogP contribution is 2.28. The van der Waals surface area contributed by atoms with Gasteiger partial charge in [0, 0.05) is 13.1 Å². The molecule has 1 saturated carbocycles. The third kappa shape index (κ3) is 4.73. The highest BCUT2D eigenvalue weighted by Gasteiger charge is 2.33. The molecule has 110 valence electrons. The molecule has 5 nitrogen and oxygen atoms in total. The SMILES string of the molecule is COC(=O)C1CCC[C@H](N(C)C(=O)OC(C)(C)C)C1. The minimum Gasteiger partial charge on any atom is -0.469 e.